The van der Waals surface area contributed by atoms with Crippen molar-refractivity contribution in [3.8, 4) is 0 Å². The molecule has 2 N–H and O–H groups in total. The van der Waals surface area contributed by atoms with Crippen LogP contribution in [-0.4, -0.2) is 28.1 Å². The Morgan fingerprint density at radius 1 is 1.65 bits per heavy atom. The van der Waals surface area contributed by atoms with Gasteiger partial charge in [0.15, 0.2) is 0 Å². The average molecular weight is 256 g/mol. The fourth-order valence-corrected chi connectivity index (χ4v) is 2.57. The Balaban J connectivity index is 2.48. The molecule has 96 valence electrons. The Morgan fingerprint density at radius 3 is 2.82 bits per heavy atom. The van der Waals surface area contributed by atoms with Gasteiger partial charge in [-0.15, -0.1) is 11.3 Å². The van der Waals surface area contributed by atoms with Crippen molar-refractivity contribution in [3.05, 3.63) is 16.1 Å². The summed E-state index contributed by atoms with van der Waals surface area (Å²) < 4.78 is 0. The van der Waals surface area contributed by atoms with Crippen molar-refractivity contribution >= 4 is 17.3 Å². The van der Waals surface area contributed by atoms with E-state index in [2.05, 4.69) is 10.3 Å². The van der Waals surface area contributed by atoms with Gasteiger partial charge in [-0.1, -0.05) is 13.3 Å². The molecule has 0 aromatic carbocycles. The largest absolute Gasteiger partial charge is 0.480 e. The van der Waals surface area contributed by atoms with Crippen LogP contribution >= 0.6 is 11.3 Å². The number of hydrogen-bond acceptors (Lipinski definition) is 4. The van der Waals surface area contributed by atoms with E-state index in [1.54, 1.807) is 18.3 Å². The number of thiazole rings is 1. The molecule has 0 aliphatic carbocycles. The predicted molar refractivity (Wildman–Crippen MR) is 69.5 cm³/mol. The Kier molecular flexibility index (Phi) is 5.08. The maximum atomic E-state index is 11.2. The Labute approximate surface area is 106 Å². The number of aliphatic carboxylic acids is 1. The van der Waals surface area contributed by atoms with Crippen LogP contribution in [0.1, 0.15) is 37.3 Å². The topological polar surface area (TPSA) is 62.2 Å². The van der Waals surface area contributed by atoms with Gasteiger partial charge < -0.3 is 10.4 Å². The molecule has 1 rings (SSSR count). The van der Waals surface area contributed by atoms with Crippen LogP contribution in [0, 0.1) is 6.92 Å². The standard InChI is InChI=1S/C12H20N2O2S/c1-4-6-12(3,11(15)16)14-7-5-10-9(2)13-8-17-10/h8,14H,4-7H2,1-3H3,(H,15,16). The van der Waals surface area contributed by atoms with Crippen molar-refractivity contribution < 1.29 is 9.90 Å². The number of aromatic nitrogens is 1. The molecule has 1 aromatic heterocycles. The van der Waals surface area contributed by atoms with Crippen LogP contribution in [0.4, 0.5) is 0 Å². The molecule has 4 nitrogen and oxygen atoms in total. The molecule has 0 spiro atoms. The number of carboxylic acids is 1. The quantitative estimate of drug-likeness (QED) is 0.785. The van der Waals surface area contributed by atoms with Crippen LogP contribution in [0.2, 0.25) is 0 Å². The van der Waals surface area contributed by atoms with Gasteiger partial charge in [0, 0.05) is 11.4 Å². The highest BCUT2D eigenvalue weighted by Crippen LogP contribution is 2.15. The van der Waals surface area contributed by atoms with E-state index >= 15 is 0 Å². The summed E-state index contributed by atoms with van der Waals surface area (Å²) in [5.41, 5.74) is 2.06. The molecule has 0 saturated carbocycles. The summed E-state index contributed by atoms with van der Waals surface area (Å²) in [6.45, 7) is 6.40. The number of carboxylic acid groups (broad SMARTS) is 1. The zero-order valence-corrected chi connectivity index (χ0v) is 11.4. The Morgan fingerprint density at radius 2 is 2.35 bits per heavy atom. The molecule has 0 saturated heterocycles. The Hall–Kier alpha value is -0.940. The van der Waals surface area contributed by atoms with Crippen LogP contribution in [0.3, 0.4) is 0 Å². The van der Waals surface area contributed by atoms with Crippen LogP contribution in [0.15, 0.2) is 5.51 Å². The molecule has 17 heavy (non-hydrogen) atoms. The van der Waals surface area contributed by atoms with E-state index in [4.69, 9.17) is 0 Å². The van der Waals surface area contributed by atoms with Crippen molar-refractivity contribution in [2.75, 3.05) is 6.54 Å². The summed E-state index contributed by atoms with van der Waals surface area (Å²) in [6, 6.07) is 0. The van der Waals surface area contributed by atoms with Crippen LogP contribution in [0.25, 0.3) is 0 Å². The first-order valence-corrected chi connectivity index (χ1v) is 6.75. The molecule has 1 heterocycles. The number of hydrogen-bond donors (Lipinski definition) is 2. The van der Waals surface area contributed by atoms with Gasteiger partial charge in [0.1, 0.15) is 5.54 Å². The number of rotatable bonds is 7. The molecular formula is C12H20N2O2S. The van der Waals surface area contributed by atoms with Gasteiger partial charge in [0.25, 0.3) is 0 Å². The third kappa shape index (κ3) is 3.78. The van der Waals surface area contributed by atoms with Gasteiger partial charge in [0.2, 0.25) is 0 Å². The number of nitrogens with one attached hydrogen (secondary N) is 1. The summed E-state index contributed by atoms with van der Waals surface area (Å²) in [5, 5.41) is 12.3. The molecule has 5 heteroatoms. The zero-order chi connectivity index (χ0) is 12.9. The van der Waals surface area contributed by atoms with Gasteiger partial charge in [0.05, 0.1) is 11.2 Å². The molecule has 0 fully saturated rings. The fraction of sp³-hybridized carbons (Fsp3) is 0.667. The summed E-state index contributed by atoms with van der Waals surface area (Å²) >= 11 is 1.62. The average Bonchev–Trinajstić information content (AvgIpc) is 2.65. The first-order valence-electron chi connectivity index (χ1n) is 5.87. The molecule has 1 unspecified atom stereocenters. The van der Waals surface area contributed by atoms with E-state index in [0.29, 0.717) is 13.0 Å². The van der Waals surface area contributed by atoms with E-state index in [9.17, 15) is 9.90 Å². The van der Waals surface area contributed by atoms with Gasteiger partial charge in [-0.3, -0.25) is 4.79 Å². The fourth-order valence-electron chi connectivity index (χ4n) is 1.79. The van der Waals surface area contributed by atoms with Crippen molar-refractivity contribution in [2.24, 2.45) is 0 Å². The van der Waals surface area contributed by atoms with E-state index < -0.39 is 11.5 Å². The summed E-state index contributed by atoms with van der Waals surface area (Å²) in [5.74, 6) is -0.777. The number of aryl methyl sites for hydroxylation is 1. The molecule has 1 atom stereocenters. The molecule has 0 aliphatic heterocycles. The monoisotopic (exact) mass is 256 g/mol. The molecule has 0 bridgehead atoms. The molecular weight excluding hydrogens is 236 g/mol. The third-order valence-corrected chi connectivity index (χ3v) is 3.93. The minimum atomic E-state index is -0.812. The first kappa shape index (κ1) is 14.1. The minimum absolute atomic E-state index is 0.643. The summed E-state index contributed by atoms with van der Waals surface area (Å²) in [4.78, 5) is 16.6. The van der Waals surface area contributed by atoms with Gasteiger partial charge in [-0.25, -0.2) is 4.98 Å². The second-order valence-corrected chi connectivity index (χ2v) is 5.36. The van der Waals surface area contributed by atoms with Crippen LogP contribution < -0.4 is 5.32 Å². The minimum Gasteiger partial charge on any atom is -0.480 e. The van der Waals surface area contributed by atoms with E-state index in [0.717, 1.165) is 18.5 Å². The summed E-state index contributed by atoms with van der Waals surface area (Å²) in [6.07, 6.45) is 2.34. The molecule has 0 aliphatic rings. The summed E-state index contributed by atoms with van der Waals surface area (Å²) in [7, 11) is 0. The van der Waals surface area contributed by atoms with Crippen molar-refractivity contribution in [1.82, 2.24) is 10.3 Å². The molecule has 1 aromatic rings. The second kappa shape index (κ2) is 6.12. The lowest BCUT2D eigenvalue weighted by Crippen LogP contribution is -2.50. The van der Waals surface area contributed by atoms with E-state index in [1.165, 1.54) is 4.88 Å². The van der Waals surface area contributed by atoms with Crippen molar-refractivity contribution in [1.29, 1.82) is 0 Å². The second-order valence-electron chi connectivity index (χ2n) is 4.42. The zero-order valence-electron chi connectivity index (χ0n) is 10.6. The lowest BCUT2D eigenvalue weighted by Gasteiger charge is -2.25. The van der Waals surface area contributed by atoms with E-state index in [1.807, 2.05) is 19.4 Å². The third-order valence-electron chi connectivity index (χ3n) is 2.93. The number of nitrogens with zero attached hydrogens (tertiary/aromatic N) is 1. The lowest BCUT2D eigenvalue weighted by molar-refractivity contribution is -0.144. The Bertz CT molecular complexity index is 378. The molecule has 0 radical (unpaired) electrons. The van der Waals surface area contributed by atoms with Crippen molar-refractivity contribution in [3.63, 3.8) is 0 Å². The molecule has 0 amide bonds. The van der Waals surface area contributed by atoms with Crippen LogP contribution in [0.5, 0.6) is 0 Å². The lowest BCUT2D eigenvalue weighted by atomic mass is 9.96. The maximum Gasteiger partial charge on any atom is 0.323 e. The highest BCUT2D eigenvalue weighted by atomic mass is 32.1. The van der Waals surface area contributed by atoms with E-state index in [-0.39, 0.29) is 0 Å². The van der Waals surface area contributed by atoms with Crippen LogP contribution in [-0.2, 0) is 11.2 Å². The van der Waals surface area contributed by atoms with Gasteiger partial charge in [-0.2, -0.15) is 0 Å². The van der Waals surface area contributed by atoms with Gasteiger partial charge >= 0.3 is 5.97 Å². The highest BCUT2D eigenvalue weighted by molar-refractivity contribution is 7.09. The highest BCUT2D eigenvalue weighted by Gasteiger charge is 2.30. The van der Waals surface area contributed by atoms with Crippen molar-refractivity contribution in [2.45, 2.75) is 45.6 Å². The smallest absolute Gasteiger partial charge is 0.323 e. The number of carbonyl (C=O) groups is 1. The van der Waals surface area contributed by atoms with Gasteiger partial charge in [-0.05, 0) is 26.7 Å². The maximum absolute atomic E-state index is 11.2. The SMILES string of the molecule is CCCC(C)(NCCc1scnc1C)C(=O)O. The first-order chi connectivity index (χ1) is 7.99. The predicted octanol–water partition coefficient (Wildman–Crippen LogP) is 2.23. The normalized spacial score (nSPS) is 14.5.